The van der Waals surface area contributed by atoms with E-state index in [2.05, 4.69) is 10.6 Å². The number of carbonyl (C=O) groups is 2. The number of amides is 1. The summed E-state index contributed by atoms with van der Waals surface area (Å²) in [7, 11) is 1.39. The maximum absolute atomic E-state index is 11.7. The van der Waals surface area contributed by atoms with E-state index in [1.165, 1.54) is 7.11 Å². The number of ether oxygens (including phenoxy) is 2. The smallest absolute Gasteiger partial charge is 0.407 e. The summed E-state index contributed by atoms with van der Waals surface area (Å²) < 4.78 is 9.95. The zero-order valence-corrected chi connectivity index (χ0v) is 13.7. The van der Waals surface area contributed by atoms with E-state index in [0.717, 1.165) is 25.7 Å². The highest BCUT2D eigenvalue weighted by Crippen LogP contribution is 2.20. The standard InChI is InChI=1S/C15H28N2O4/c1-10(13(18)20-5)16-11-6-8-12(9-7-11)17-14(19)21-15(2,3)4/h10-12,16H,6-9H2,1-5H3,(H,17,19)/t10-,11?,12?/m0/s1. The lowest BCUT2D eigenvalue weighted by molar-refractivity contribution is -0.142. The van der Waals surface area contributed by atoms with Crippen molar-refractivity contribution in [2.75, 3.05) is 7.11 Å². The fourth-order valence-electron chi connectivity index (χ4n) is 2.48. The first-order valence-electron chi connectivity index (χ1n) is 7.54. The topological polar surface area (TPSA) is 76.7 Å². The largest absolute Gasteiger partial charge is 0.468 e. The quantitative estimate of drug-likeness (QED) is 0.776. The van der Waals surface area contributed by atoms with Crippen molar-refractivity contribution in [2.45, 2.75) is 77.1 Å². The molecule has 1 rings (SSSR count). The van der Waals surface area contributed by atoms with Crippen LogP contribution in [0.25, 0.3) is 0 Å². The lowest BCUT2D eigenvalue weighted by Gasteiger charge is -2.31. The van der Waals surface area contributed by atoms with Gasteiger partial charge < -0.3 is 20.1 Å². The molecule has 1 saturated carbocycles. The predicted molar refractivity (Wildman–Crippen MR) is 80.0 cm³/mol. The second-order valence-electron chi connectivity index (χ2n) is 6.61. The Morgan fingerprint density at radius 3 is 2.10 bits per heavy atom. The summed E-state index contributed by atoms with van der Waals surface area (Å²) >= 11 is 0. The summed E-state index contributed by atoms with van der Waals surface area (Å²) in [5.41, 5.74) is -0.473. The minimum atomic E-state index is -0.473. The Labute approximate surface area is 126 Å². The Morgan fingerprint density at radius 1 is 1.10 bits per heavy atom. The molecule has 2 N–H and O–H groups in total. The molecule has 6 heteroatoms. The molecule has 1 fully saturated rings. The number of alkyl carbamates (subject to hydrolysis) is 1. The maximum Gasteiger partial charge on any atom is 0.407 e. The van der Waals surface area contributed by atoms with Crippen LogP contribution in [0.4, 0.5) is 4.79 Å². The van der Waals surface area contributed by atoms with Gasteiger partial charge in [0.25, 0.3) is 0 Å². The van der Waals surface area contributed by atoms with Crippen LogP contribution in [0, 0.1) is 0 Å². The third-order valence-electron chi connectivity index (χ3n) is 3.49. The van der Waals surface area contributed by atoms with Gasteiger partial charge in [-0.2, -0.15) is 0 Å². The summed E-state index contributed by atoms with van der Waals surface area (Å²) in [6.07, 6.45) is 3.24. The summed E-state index contributed by atoms with van der Waals surface area (Å²) in [4.78, 5) is 23.1. The van der Waals surface area contributed by atoms with Gasteiger partial charge in [0.05, 0.1) is 7.11 Å². The van der Waals surface area contributed by atoms with Gasteiger partial charge in [-0.25, -0.2) is 4.79 Å². The normalized spacial score (nSPS) is 24.0. The molecule has 0 aliphatic heterocycles. The number of esters is 1. The molecule has 1 aliphatic rings. The Kier molecular flexibility index (Phi) is 6.45. The lowest BCUT2D eigenvalue weighted by atomic mass is 9.91. The van der Waals surface area contributed by atoms with E-state index in [-0.39, 0.29) is 30.2 Å². The van der Waals surface area contributed by atoms with Crippen molar-refractivity contribution in [1.82, 2.24) is 10.6 Å². The molecule has 0 saturated heterocycles. The average Bonchev–Trinajstić information content (AvgIpc) is 2.37. The lowest BCUT2D eigenvalue weighted by Crippen LogP contribution is -2.47. The highest BCUT2D eigenvalue weighted by Gasteiger charge is 2.26. The van der Waals surface area contributed by atoms with Crippen LogP contribution < -0.4 is 10.6 Å². The maximum atomic E-state index is 11.7. The molecule has 0 unspecified atom stereocenters. The molecule has 122 valence electrons. The van der Waals surface area contributed by atoms with E-state index in [4.69, 9.17) is 9.47 Å². The number of hydrogen-bond acceptors (Lipinski definition) is 5. The first kappa shape index (κ1) is 17.8. The molecule has 0 aromatic heterocycles. The summed E-state index contributed by atoms with van der Waals surface area (Å²) in [5, 5.41) is 6.17. The highest BCUT2D eigenvalue weighted by atomic mass is 16.6. The van der Waals surface area contributed by atoms with Gasteiger partial charge in [0.2, 0.25) is 0 Å². The molecule has 6 nitrogen and oxygen atoms in total. The van der Waals surface area contributed by atoms with Gasteiger partial charge in [-0.05, 0) is 53.4 Å². The molecule has 0 heterocycles. The van der Waals surface area contributed by atoms with Crippen LogP contribution in [0.5, 0.6) is 0 Å². The second kappa shape index (κ2) is 7.64. The fraction of sp³-hybridized carbons (Fsp3) is 0.867. The SMILES string of the molecule is COC(=O)[C@H](C)NC1CCC(NC(=O)OC(C)(C)C)CC1. The number of nitrogens with one attached hydrogen (secondary N) is 2. The van der Waals surface area contributed by atoms with Crippen molar-refractivity contribution in [3.63, 3.8) is 0 Å². The van der Waals surface area contributed by atoms with Crippen LogP contribution >= 0.6 is 0 Å². The molecule has 0 aromatic rings. The highest BCUT2D eigenvalue weighted by molar-refractivity contribution is 5.75. The molecule has 0 radical (unpaired) electrons. The van der Waals surface area contributed by atoms with E-state index in [1.807, 2.05) is 20.8 Å². The van der Waals surface area contributed by atoms with Crippen LogP contribution in [0.2, 0.25) is 0 Å². The molecule has 0 bridgehead atoms. The minimum absolute atomic E-state index is 0.145. The molecular weight excluding hydrogens is 272 g/mol. The number of carbonyl (C=O) groups excluding carboxylic acids is 2. The molecule has 0 aromatic carbocycles. The predicted octanol–water partition coefficient (Wildman–Crippen LogP) is 1.97. The van der Waals surface area contributed by atoms with Gasteiger partial charge in [0.1, 0.15) is 11.6 Å². The van der Waals surface area contributed by atoms with E-state index in [0.29, 0.717) is 0 Å². The van der Waals surface area contributed by atoms with E-state index >= 15 is 0 Å². The Morgan fingerprint density at radius 2 is 1.62 bits per heavy atom. The Balaban J connectivity index is 2.29. The van der Waals surface area contributed by atoms with Gasteiger partial charge >= 0.3 is 12.1 Å². The van der Waals surface area contributed by atoms with Crippen LogP contribution in [-0.2, 0) is 14.3 Å². The van der Waals surface area contributed by atoms with Crippen LogP contribution in [0.1, 0.15) is 53.4 Å². The van der Waals surface area contributed by atoms with Crippen molar-refractivity contribution in [1.29, 1.82) is 0 Å². The van der Waals surface area contributed by atoms with E-state index in [1.54, 1.807) is 6.92 Å². The minimum Gasteiger partial charge on any atom is -0.468 e. The molecule has 1 atom stereocenters. The van der Waals surface area contributed by atoms with Crippen LogP contribution in [0.3, 0.4) is 0 Å². The van der Waals surface area contributed by atoms with Gasteiger partial charge in [-0.15, -0.1) is 0 Å². The van der Waals surface area contributed by atoms with Crippen molar-refractivity contribution in [3.8, 4) is 0 Å². The van der Waals surface area contributed by atoms with Crippen molar-refractivity contribution in [2.24, 2.45) is 0 Å². The van der Waals surface area contributed by atoms with Crippen molar-refractivity contribution >= 4 is 12.1 Å². The van der Waals surface area contributed by atoms with Gasteiger partial charge in [0.15, 0.2) is 0 Å². The van der Waals surface area contributed by atoms with Crippen LogP contribution in [-0.4, -0.2) is 42.9 Å². The molecule has 1 aliphatic carbocycles. The third kappa shape index (κ3) is 6.80. The zero-order chi connectivity index (χ0) is 16.0. The Bertz CT molecular complexity index is 357. The van der Waals surface area contributed by atoms with Crippen molar-refractivity contribution < 1.29 is 19.1 Å². The van der Waals surface area contributed by atoms with E-state index in [9.17, 15) is 9.59 Å². The third-order valence-corrected chi connectivity index (χ3v) is 3.49. The molecular formula is C15H28N2O4. The number of hydrogen-bond donors (Lipinski definition) is 2. The zero-order valence-electron chi connectivity index (χ0n) is 13.7. The second-order valence-corrected chi connectivity index (χ2v) is 6.61. The average molecular weight is 300 g/mol. The van der Waals surface area contributed by atoms with E-state index < -0.39 is 5.60 Å². The first-order chi connectivity index (χ1) is 9.71. The van der Waals surface area contributed by atoms with Gasteiger partial charge in [-0.3, -0.25) is 4.79 Å². The van der Waals surface area contributed by atoms with Gasteiger partial charge in [0, 0.05) is 12.1 Å². The van der Waals surface area contributed by atoms with Crippen molar-refractivity contribution in [3.05, 3.63) is 0 Å². The molecule has 21 heavy (non-hydrogen) atoms. The van der Waals surface area contributed by atoms with Gasteiger partial charge in [-0.1, -0.05) is 0 Å². The summed E-state index contributed by atoms with van der Waals surface area (Å²) in [6, 6.07) is 0.137. The summed E-state index contributed by atoms with van der Waals surface area (Å²) in [5.74, 6) is -0.246. The number of methoxy groups -OCH3 is 1. The molecule has 1 amide bonds. The molecule has 0 spiro atoms. The first-order valence-corrected chi connectivity index (χ1v) is 7.54. The Hall–Kier alpha value is -1.30. The van der Waals surface area contributed by atoms with Crippen LogP contribution in [0.15, 0.2) is 0 Å². The number of rotatable bonds is 4. The summed E-state index contributed by atoms with van der Waals surface area (Å²) in [6.45, 7) is 7.35. The fourth-order valence-corrected chi connectivity index (χ4v) is 2.48. The monoisotopic (exact) mass is 300 g/mol.